The van der Waals surface area contributed by atoms with Gasteiger partial charge in [0, 0.05) is 17.3 Å². The van der Waals surface area contributed by atoms with E-state index in [9.17, 15) is 34.8 Å². The van der Waals surface area contributed by atoms with Gasteiger partial charge in [0.2, 0.25) is 0 Å². The summed E-state index contributed by atoms with van der Waals surface area (Å²) in [5.74, 6) is -3.20. The molecule has 3 unspecified atom stereocenters. The third-order valence-corrected chi connectivity index (χ3v) is 10.9. The molecule has 0 aromatic heterocycles. The zero-order valence-corrected chi connectivity index (χ0v) is 23.3. The van der Waals surface area contributed by atoms with E-state index in [1.807, 2.05) is 34.6 Å². The number of ether oxygens (including phenoxy) is 1. The minimum atomic E-state index is -1.03. The first-order valence-corrected chi connectivity index (χ1v) is 13.6. The van der Waals surface area contributed by atoms with Gasteiger partial charge in [-0.3, -0.25) is 14.4 Å². The normalized spacial score (nSPS) is 43.3. The fourth-order valence-corrected chi connectivity index (χ4v) is 8.49. The van der Waals surface area contributed by atoms with Crippen molar-refractivity contribution in [1.82, 2.24) is 0 Å². The molecule has 1 spiro atoms. The van der Waals surface area contributed by atoms with Crippen molar-refractivity contribution in [2.45, 2.75) is 97.6 Å². The highest BCUT2D eigenvalue weighted by atomic mass is 16.6. The molecule has 4 aliphatic rings. The fourth-order valence-electron chi connectivity index (χ4n) is 8.49. The number of rotatable bonds is 9. The summed E-state index contributed by atoms with van der Waals surface area (Å²) < 4.78 is 6.54. The molecule has 4 N–H and O–H groups in total. The van der Waals surface area contributed by atoms with Crippen LogP contribution in [0.1, 0.15) is 73.6 Å². The van der Waals surface area contributed by atoms with Crippen LogP contribution in [0.4, 0.5) is 0 Å². The predicted octanol–water partition coefficient (Wildman–Crippen LogP) is 3.91. The second-order valence-electron chi connectivity index (χ2n) is 12.9. The molecule has 8 nitrogen and oxygen atoms in total. The maximum Gasteiger partial charge on any atom is 0.306 e. The number of carboxylic acid groups (broad SMARTS) is 2. The van der Waals surface area contributed by atoms with Crippen LogP contribution in [0.5, 0.6) is 0 Å². The average Bonchev–Trinajstić information content (AvgIpc) is 3.50. The summed E-state index contributed by atoms with van der Waals surface area (Å²) in [5, 5.41) is 41.0. The van der Waals surface area contributed by atoms with Gasteiger partial charge in [-0.2, -0.15) is 0 Å². The molecule has 4 rings (SSSR count). The van der Waals surface area contributed by atoms with E-state index in [0.29, 0.717) is 19.3 Å². The van der Waals surface area contributed by atoms with Crippen molar-refractivity contribution in [2.75, 3.05) is 0 Å². The summed E-state index contributed by atoms with van der Waals surface area (Å²) in [7, 11) is 0. The van der Waals surface area contributed by atoms with E-state index < -0.39 is 51.9 Å². The first kappa shape index (κ1) is 28.7. The van der Waals surface area contributed by atoms with Gasteiger partial charge in [-0.05, 0) is 68.4 Å². The van der Waals surface area contributed by atoms with E-state index in [2.05, 4.69) is 6.58 Å². The molecule has 3 aliphatic carbocycles. The van der Waals surface area contributed by atoms with Crippen LogP contribution in [0.3, 0.4) is 0 Å². The summed E-state index contributed by atoms with van der Waals surface area (Å²) in [4.78, 5) is 37.0. The van der Waals surface area contributed by atoms with Crippen molar-refractivity contribution in [3.8, 4) is 0 Å². The first-order chi connectivity index (χ1) is 17.5. The molecule has 0 amide bonds. The number of carbonyl (C=O) groups excluding carboxylic acids is 1. The Morgan fingerprint density at radius 3 is 2.37 bits per heavy atom. The van der Waals surface area contributed by atoms with Crippen molar-refractivity contribution in [1.29, 1.82) is 0 Å². The van der Waals surface area contributed by atoms with Crippen LogP contribution in [0.2, 0.25) is 0 Å². The van der Waals surface area contributed by atoms with Crippen LogP contribution in [-0.4, -0.2) is 62.1 Å². The highest BCUT2D eigenvalue weighted by Crippen LogP contribution is 2.78. The van der Waals surface area contributed by atoms with Gasteiger partial charge in [0.05, 0.1) is 24.2 Å². The lowest BCUT2D eigenvalue weighted by Crippen LogP contribution is -2.63. The molecule has 3 fully saturated rings. The van der Waals surface area contributed by atoms with Crippen molar-refractivity contribution in [2.24, 2.45) is 34.0 Å². The number of epoxide rings is 1. The Labute approximate surface area is 224 Å². The average molecular weight is 531 g/mol. The monoisotopic (exact) mass is 530 g/mol. The third kappa shape index (κ3) is 3.70. The zero-order chi connectivity index (χ0) is 28.6. The van der Waals surface area contributed by atoms with E-state index in [1.54, 1.807) is 12.2 Å². The quantitative estimate of drug-likeness (QED) is 0.259. The molecular weight excluding hydrogens is 488 g/mol. The molecule has 0 aromatic carbocycles. The lowest BCUT2D eigenvalue weighted by atomic mass is 9.43. The highest BCUT2D eigenvalue weighted by Gasteiger charge is 2.84. The lowest BCUT2D eigenvalue weighted by Gasteiger charge is -2.57. The van der Waals surface area contributed by atoms with Crippen LogP contribution in [0, 0.1) is 34.0 Å². The van der Waals surface area contributed by atoms with Crippen LogP contribution in [0.15, 0.2) is 35.5 Å². The molecule has 8 heteroatoms. The van der Waals surface area contributed by atoms with Gasteiger partial charge in [-0.1, -0.05) is 51.5 Å². The summed E-state index contributed by atoms with van der Waals surface area (Å²) >= 11 is 0. The van der Waals surface area contributed by atoms with Gasteiger partial charge >= 0.3 is 11.9 Å². The van der Waals surface area contributed by atoms with Crippen molar-refractivity contribution < 1.29 is 39.5 Å². The van der Waals surface area contributed by atoms with Crippen molar-refractivity contribution >= 4 is 17.7 Å². The number of carboxylic acids is 2. The van der Waals surface area contributed by atoms with E-state index in [4.69, 9.17) is 4.74 Å². The number of aliphatic carboxylic acids is 2. The molecule has 2 saturated carbocycles. The molecule has 10 atom stereocenters. The maximum absolute atomic E-state index is 14.2. The highest BCUT2D eigenvalue weighted by molar-refractivity contribution is 5.99. The van der Waals surface area contributed by atoms with Gasteiger partial charge in [-0.15, -0.1) is 0 Å². The van der Waals surface area contributed by atoms with Crippen LogP contribution in [0.25, 0.3) is 0 Å². The van der Waals surface area contributed by atoms with Crippen LogP contribution >= 0.6 is 0 Å². The number of carbonyl (C=O) groups is 3. The summed E-state index contributed by atoms with van der Waals surface area (Å²) in [6.45, 7) is 15.3. The zero-order valence-electron chi connectivity index (χ0n) is 23.3. The van der Waals surface area contributed by atoms with Gasteiger partial charge < -0.3 is 25.2 Å². The molecule has 1 saturated heterocycles. The summed E-state index contributed by atoms with van der Waals surface area (Å²) in [5.41, 5.74) is -1.13. The van der Waals surface area contributed by atoms with Gasteiger partial charge in [0.15, 0.2) is 5.78 Å². The number of aliphatic hydroxyl groups is 2. The topological polar surface area (TPSA) is 145 Å². The van der Waals surface area contributed by atoms with Crippen LogP contribution < -0.4 is 0 Å². The Kier molecular flexibility index (Phi) is 6.90. The largest absolute Gasteiger partial charge is 0.481 e. The van der Waals surface area contributed by atoms with E-state index >= 15 is 0 Å². The Bertz CT molecular complexity index is 1140. The second kappa shape index (κ2) is 9.14. The smallest absolute Gasteiger partial charge is 0.306 e. The Morgan fingerprint density at radius 1 is 1.18 bits per heavy atom. The Balaban J connectivity index is 1.80. The first-order valence-electron chi connectivity index (χ1n) is 13.6. The van der Waals surface area contributed by atoms with Gasteiger partial charge in [-0.25, -0.2) is 0 Å². The van der Waals surface area contributed by atoms with E-state index in [0.717, 1.165) is 16.7 Å². The molecule has 0 bridgehead atoms. The van der Waals surface area contributed by atoms with E-state index in [-0.39, 0.29) is 36.6 Å². The third-order valence-electron chi connectivity index (χ3n) is 10.9. The maximum atomic E-state index is 14.2. The number of ketones is 1. The number of hydrogen-bond acceptors (Lipinski definition) is 6. The van der Waals surface area contributed by atoms with Gasteiger partial charge in [0.25, 0.3) is 0 Å². The van der Waals surface area contributed by atoms with Crippen molar-refractivity contribution in [3.63, 3.8) is 0 Å². The molecule has 0 aromatic rings. The number of allylic oxidation sites excluding steroid dienone is 3. The predicted molar refractivity (Wildman–Crippen MR) is 140 cm³/mol. The number of aliphatic hydroxyl groups excluding tert-OH is 2. The van der Waals surface area contributed by atoms with Crippen molar-refractivity contribution in [3.05, 3.63) is 35.5 Å². The molecule has 0 radical (unpaired) electrons. The van der Waals surface area contributed by atoms with Gasteiger partial charge in [0.1, 0.15) is 5.60 Å². The number of hydrogen-bond donors (Lipinski definition) is 4. The second-order valence-corrected chi connectivity index (χ2v) is 12.9. The van der Waals surface area contributed by atoms with E-state index in [1.165, 1.54) is 6.92 Å². The lowest BCUT2D eigenvalue weighted by molar-refractivity contribution is -0.143. The Hall–Kier alpha value is -2.29. The fraction of sp³-hybridized carbons (Fsp3) is 0.700. The molecule has 210 valence electrons. The Morgan fingerprint density at radius 2 is 1.82 bits per heavy atom. The minimum Gasteiger partial charge on any atom is -0.481 e. The molecular formula is C30H42O8. The SMILES string of the molecule is C=C(C)C1C[C@H]2O[C@@]23C(=CC(=O)[C@]2(C)[C@@H](/C(C)=C\C(O)CC(C)C(=O)O)C[C@@H](O)[C@]23C)[C@@]1(C)CCC(=O)O. The molecule has 38 heavy (non-hydrogen) atoms. The molecule has 1 aliphatic heterocycles. The minimum absolute atomic E-state index is 0.0489. The molecule has 1 heterocycles. The summed E-state index contributed by atoms with van der Waals surface area (Å²) in [6, 6.07) is 0. The number of fused-ring (bicyclic) bond motifs is 1. The van der Waals surface area contributed by atoms with Crippen LogP contribution in [-0.2, 0) is 19.1 Å². The summed E-state index contributed by atoms with van der Waals surface area (Å²) in [6.07, 6.45) is 2.47. The standard InChI is InChI=1S/C30H42O8/c1-15(2)19-13-24-30(38-24)21(27(19,5)9-8-25(34)35)14-22(32)28(6)20(12-23(33)29(28,30)7)16(3)10-18(31)11-17(4)26(36)37/h10,14,17-20,23-24,31,33H,1,8-9,11-13H2,2-7H3,(H,34,35)(H,36,37)/b16-10-/t17?,18?,19?,20-,23-,24-,27+,28+,29-,30+/m1/s1.